The molecule has 0 radical (unpaired) electrons. The lowest BCUT2D eigenvalue weighted by atomic mass is 10.1. The first-order valence-corrected chi connectivity index (χ1v) is 6.10. The molecule has 17 heavy (non-hydrogen) atoms. The summed E-state index contributed by atoms with van der Waals surface area (Å²) >= 11 is 6.07. The van der Waals surface area contributed by atoms with E-state index in [1.165, 1.54) is 0 Å². The minimum absolute atomic E-state index is 0.546. The number of rotatable bonds is 1. The lowest BCUT2D eigenvalue weighted by Crippen LogP contribution is -2.36. The van der Waals surface area contributed by atoms with Crippen LogP contribution in [0.3, 0.4) is 0 Å². The highest BCUT2D eigenvalue weighted by molar-refractivity contribution is 6.30. The van der Waals surface area contributed by atoms with Crippen LogP contribution in [0.15, 0.2) is 30.3 Å². The van der Waals surface area contributed by atoms with Crippen LogP contribution < -0.4 is 4.90 Å². The number of ether oxygens (including phenoxy) is 1. The molecule has 1 aromatic heterocycles. The lowest BCUT2D eigenvalue weighted by Gasteiger charge is -2.29. The van der Waals surface area contributed by atoms with Gasteiger partial charge in [0.05, 0.1) is 18.7 Å². The highest BCUT2D eigenvalue weighted by atomic mass is 35.5. The van der Waals surface area contributed by atoms with Gasteiger partial charge in [0.15, 0.2) is 0 Å². The van der Waals surface area contributed by atoms with Crippen molar-refractivity contribution in [2.75, 3.05) is 31.2 Å². The Labute approximate surface area is 105 Å². The number of hydrogen-bond donors (Lipinski definition) is 0. The van der Waals surface area contributed by atoms with Gasteiger partial charge < -0.3 is 9.64 Å². The molecule has 3 rings (SSSR count). The summed E-state index contributed by atoms with van der Waals surface area (Å²) in [5, 5.41) is 1.70. The van der Waals surface area contributed by atoms with Gasteiger partial charge in [0.1, 0.15) is 5.15 Å². The first-order valence-electron chi connectivity index (χ1n) is 5.72. The number of anilines is 1. The summed E-state index contributed by atoms with van der Waals surface area (Å²) in [7, 11) is 0. The molecule has 1 aliphatic heterocycles. The Kier molecular flexibility index (Phi) is 2.87. The van der Waals surface area contributed by atoms with Gasteiger partial charge in [-0.1, -0.05) is 29.8 Å². The molecule has 0 saturated carbocycles. The first kappa shape index (κ1) is 10.8. The second-order valence-corrected chi connectivity index (χ2v) is 4.47. The average Bonchev–Trinajstić information content (AvgIpc) is 2.39. The zero-order valence-electron chi connectivity index (χ0n) is 9.40. The minimum Gasteiger partial charge on any atom is -0.378 e. The zero-order chi connectivity index (χ0) is 11.7. The third-order valence-electron chi connectivity index (χ3n) is 3.01. The van der Waals surface area contributed by atoms with Crippen LogP contribution in [0, 0.1) is 0 Å². The molecule has 1 aliphatic rings. The predicted octanol–water partition coefficient (Wildman–Crippen LogP) is 2.72. The molecular formula is C13H13ClN2O. The average molecular weight is 249 g/mol. The minimum atomic E-state index is 0.546. The third kappa shape index (κ3) is 2.08. The van der Waals surface area contributed by atoms with Crippen LogP contribution in [0.2, 0.25) is 5.15 Å². The molecule has 3 nitrogen and oxygen atoms in total. The van der Waals surface area contributed by atoms with Gasteiger partial charge in [0.25, 0.3) is 0 Å². The van der Waals surface area contributed by atoms with Crippen LogP contribution in [-0.2, 0) is 4.74 Å². The fraction of sp³-hybridized carbons (Fsp3) is 0.308. The van der Waals surface area contributed by atoms with Crippen LogP contribution in [0.1, 0.15) is 0 Å². The number of fused-ring (bicyclic) bond motifs is 1. The van der Waals surface area contributed by atoms with Crippen LogP contribution in [0.25, 0.3) is 10.9 Å². The SMILES string of the molecule is Clc1cc(N2CCOCC2)c2ccccc2n1. The zero-order valence-corrected chi connectivity index (χ0v) is 10.2. The van der Waals surface area contributed by atoms with Gasteiger partial charge in [-0.2, -0.15) is 0 Å². The highest BCUT2D eigenvalue weighted by Gasteiger charge is 2.14. The van der Waals surface area contributed by atoms with Crippen molar-refractivity contribution >= 4 is 28.2 Å². The molecule has 88 valence electrons. The van der Waals surface area contributed by atoms with Crippen LogP contribution in [0.4, 0.5) is 5.69 Å². The van der Waals surface area contributed by atoms with E-state index >= 15 is 0 Å². The van der Waals surface area contributed by atoms with Gasteiger partial charge in [-0.15, -0.1) is 0 Å². The second-order valence-electron chi connectivity index (χ2n) is 4.08. The Balaban J connectivity index is 2.13. The number of pyridine rings is 1. The van der Waals surface area contributed by atoms with E-state index in [1.807, 2.05) is 24.3 Å². The van der Waals surface area contributed by atoms with Crippen LogP contribution in [-0.4, -0.2) is 31.3 Å². The van der Waals surface area contributed by atoms with E-state index in [0.29, 0.717) is 5.15 Å². The quantitative estimate of drug-likeness (QED) is 0.726. The van der Waals surface area contributed by atoms with E-state index in [9.17, 15) is 0 Å². The maximum Gasteiger partial charge on any atom is 0.131 e. The third-order valence-corrected chi connectivity index (χ3v) is 3.21. The summed E-state index contributed by atoms with van der Waals surface area (Å²) in [5.41, 5.74) is 2.10. The largest absolute Gasteiger partial charge is 0.378 e. The summed E-state index contributed by atoms with van der Waals surface area (Å²) in [5.74, 6) is 0. The van der Waals surface area contributed by atoms with Gasteiger partial charge in [-0.3, -0.25) is 0 Å². The summed E-state index contributed by atoms with van der Waals surface area (Å²) in [6.07, 6.45) is 0. The van der Waals surface area contributed by atoms with E-state index in [4.69, 9.17) is 16.3 Å². The van der Waals surface area contributed by atoms with Gasteiger partial charge in [0, 0.05) is 24.2 Å². The Hall–Kier alpha value is -1.32. The van der Waals surface area contributed by atoms with Crippen molar-refractivity contribution in [2.24, 2.45) is 0 Å². The standard InChI is InChI=1S/C13H13ClN2O/c14-13-9-12(16-5-7-17-8-6-16)10-3-1-2-4-11(10)15-13/h1-4,9H,5-8H2. The number of para-hydroxylation sites is 1. The van der Waals surface area contributed by atoms with Crippen LogP contribution >= 0.6 is 11.6 Å². The molecule has 1 aromatic carbocycles. The van der Waals surface area contributed by atoms with Crippen molar-refractivity contribution < 1.29 is 4.74 Å². The molecule has 0 amide bonds. The van der Waals surface area contributed by atoms with E-state index < -0.39 is 0 Å². The topological polar surface area (TPSA) is 25.4 Å². The lowest BCUT2D eigenvalue weighted by molar-refractivity contribution is 0.123. The monoisotopic (exact) mass is 248 g/mol. The summed E-state index contributed by atoms with van der Waals surface area (Å²) in [6.45, 7) is 3.36. The van der Waals surface area contributed by atoms with Gasteiger partial charge in [-0.25, -0.2) is 4.98 Å². The number of hydrogen-bond acceptors (Lipinski definition) is 3. The Morgan fingerprint density at radius 3 is 2.76 bits per heavy atom. The number of aromatic nitrogens is 1. The molecular weight excluding hydrogens is 236 g/mol. The number of benzene rings is 1. The molecule has 0 N–H and O–H groups in total. The van der Waals surface area contributed by atoms with E-state index in [-0.39, 0.29) is 0 Å². The van der Waals surface area contributed by atoms with E-state index in [2.05, 4.69) is 16.0 Å². The van der Waals surface area contributed by atoms with Crippen molar-refractivity contribution in [3.63, 3.8) is 0 Å². The molecule has 0 aliphatic carbocycles. The van der Waals surface area contributed by atoms with Gasteiger partial charge in [0.2, 0.25) is 0 Å². The fourth-order valence-corrected chi connectivity index (χ4v) is 2.39. The maximum absolute atomic E-state index is 6.07. The molecule has 0 spiro atoms. The number of morpholine rings is 1. The summed E-state index contributed by atoms with van der Waals surface area (Å²) < 4.78 is 5.37. The fourth-order valence-electron chi connectivity index (χ4n) is 2.19. The maximum atomic E-state index is 6.07. The van der Waals surface area contributed by atoms with E-state index in [1.54, 1.807) is 0 Å². The molecule has 1 saturated heterocycles. The first-order chi connectivity index (χ1) is 8.34. The Morgan fingerprint density at radius 2 is 1.94 bits per heavy atom. The normalized spacial score (nSPS) is 16.4. The Bertz CT molecular complexity index is 538. The second kappa shape index (κ2) is 4.51. The van der Waals surface area contributed by atoms with Crippen molar-refractivity contribution in [3.8, 4) is 0 Å². The van der Waals surface area contributed by atoms with Crippen molar-refractivity contribution in [1.29, 1.82) is 0 Å². The van der Waals surface area contributed by atoms with E-state index in [0.717, 1.165) is 42.9 Å². The smallest absolute Gasteiger partial charge is 0.131 e. The molecule has 0 atom stereocenters. The number of halogens is 1. The van der Waals surface area contributed by atoms with Crippen molar-refractivity contribution in [3.05, 3.63) is 35.5 Å². The predicted molar refractivity (Wildman–Crippen MR) is 69.8 cm³/mol. The molecule has 0 unspecified atom stereocenters. The van der Waals surface area contributed by atoms with Gasteiger partial charge in [-0.05, 0) is 12.1 Å². The Morgan fingerprint density at radius 1 is 1.18 bits per heavy atom. The highest BCUT2D eigenvalue weighted by Crippen LogP contribution is 2.28. The number of nitrogens with zero attached hydrogens (tertiary/aromatic N) is 2. The van der Waals surface area contributed by atoms with Crippen molar-refractivity contribution in [1.82, 2.24) is 4.98 Å². The molecule has 2 aromatic rings. The van der Waals surface area contributed by atoms with Crippen molar-refractivity contribution in [2.45, 2.75) is 0 Å². The molecule has 1 fully saturated rings. The molecule has 2 heterocycles. The van der Waals surface area contributed by atoms with Crippen LogP contribution in [0.5, 0.6) is 0 Å². The molecule has 0 bridgehead atoms. The summed E-state index contributed by atoms with van der Waals surface area (Å²) in [6, 6.07) is 10.0. The van der Waals surface area contributed by atoms with Gasteiger partial charge >= 0.3 is 0 Å². The molecule has 4 heteroatoms. The summed E-state index contributed by atoms with van der Waals surface area (Å²) in [4.78, 5) is 6.64.